The van der Waals surface area contributed by atoms with E-state index in [2.05, 4.69) is 37.3 Å². The van der Waals surface area contributed by atoms with Crippen LogP contribution in [0.3, 0.4) is 0 Å². The summed E-state index contributed by atoms with van der Waals surface area (Å²) in [5, 5.41) is 7.16. The lowest BCUT2D eigenvalue weighted by Gasteiger charge is -2.37. The molecule has 0 saturated carbocycles. The molecule has 4 aromatic rings. The van der Waals surface area contributed by atoms with Crippen molar-refractivity contribution in [3.05, 3.63) is 138 Å². The summed E-state index contributed by atoms with van der Waals surface area (Å²) < 4.78 is 38.8. The Kier molecular flexibility index (Phi) is 6.86. The lowest BCUT2D eigenvalue weighted by molar-refractivity contribution is 0.470. The van der Waals surface area contributed by atoms with Crippen molar-refractivity contribution in [1.82, 2.24) is 0 Å². The van der Waals surface area contributed by atoms with Crippen molar-refractivity contribution in [2.75, 3.05) is 5.01 Å². The molecule has 0 fully saturated rings. The van der Waals surface area contributed by atoms with E-state index < -0.39 is 21.5 Å². The molecule has 212 valence electrons. The zero-order valence-electron chi connectivity index (χ0n) is 24.1. The van der Waals surface area contributed by atoms with Gasteiger partial charge in [0.25, 0.3) is 10.0 Å². The van der Waals surface area contributed by atoms with Crippen LogP contribution in [-0.2, 0) is 14.8 Å². The summed E-state index contributed by atoms with van der Waals surface area (Å²) in [6.45, 7) is 8.30. The van der Waals surface area contributed by atoms with E-state index in [1.807, 2.05) is 96.9 Å². The zero-order chi connectivity index (χ0) is 29.5. The number of hydrogen-bond acceptors (Lipinski definition) is 5. The molecule has 2 atom stereocenters. The molecule has 6 nitrogen and oxygen atoms in total. The van der Waals surface area contributed by atoms with Gasteiger partial charge >= 0.3 is 0 Å². The van der Waals surface area contributed by atoms with E-state index in [0.717, 1.165) is 28.1 Å². The fourth-order valence-corrected chi connectivity index (χ4v) is 6.59. The Morgan fingerprint density at radius 3 is 1.98 bits per heavy atom. The SMILES string of the molecule is Cc1ccc(S(=O)(=O)N=C2OC(c3ccccc3)=CC23C(c2ccccc2)C(C(C)(C)C)=NN3c2ccccc2)cc1. The van der Waals surface area contributed by atoms with E-state index >= 15 is 0 Å². The minimum atomic E-state index is -4.14. The van der Waals surface area contributed by atoms with Gasteiger partial charge in [-0.2, -0.15) is 13.5 Å². The molecule has 0 aromatic heterocycles. The molecular formula is C35H33N3O3S. The first kappa shape index (κ1) is 27.7. The third-order valence-corrected chi connectivity index (χ3v) is 8.93. The summed E-state index contributed by atoms with van der Waals surface area (Å²) in [6, 6.07) is 36.2. The second-order valence-electron chi connectivity index (χ2n) is 11.7. The normalized spacial score (nSPS) is 21.4. The van der Waals surface area contributed by atoms with Crippen molar-refractivity contribution >= 4 is 33.1 Å². The molecule has 4 aromatic carbocycles. The first-order valence-corrected chi connectivity index (χ1v) is 15.4. The first-order valence-electron chi connectivity index (χ1n) is 14.0. The summed E-state index contributed by atoms with van der Waals surface area (Å²) in [6.07, 6.45) is 2.00. The maximum absolute atomic E-state index is 13.9. The van der Waals surface area contributed by atoms with Crippen LogP contribution in [0.15, 0.2) is 136 Å². The van der Waals surface area contributed by atoms with Crippen molar-refractivity contribution in [1.29, 1.82) is 0 Å². The number of anilines is 1. The average Bonchev–Trinajstić information content (AvgIpc) is 3.53. The Morgan fingerprint density at radius 1 is 0.810 bits per heavy atom. The Hall–Kier alpha value is -4.49. The average molecular weight is 576 g/mol. The molecule has 0 saturated heterocycles. The van der Waals surface area contributed by atoms with Crippen molar-refractivity contribution in [3.8, 4) is 0 Å². The molecule has 0 bridgehead atoms. The van der Waals surface area contributed by atoms with E-state index in [1.165, 1.54) is 0 Å². The van der Waals surface area contributed by atoms with Gasteiger partial charge in [-0.1, -0.05) is 117 Å². The number of para-hydroxylation sites is 1. The van der Waals surface area contributed by atoms with Gasteiger partial charge in [-0.15, -0.1) is 4.40 Å². The third-order valence-electron chi connectivity index (χ3n) is 7.65. The van der Waals surface area contributed by atoms with Crippen LogP contribution in [-0.4, -0.2) is 25.6 Å². The van der Waals surface area contributed by atoms with Gasteiger partial charge in [-0.05, 0) is 42.8 Å². The molecule has 2 unspecified atom stereocenters. The maximum Gasteiger partial charge on any atom is 0.285 e. The van der Waals surface area contributed by atoms with Gasteiger partial charge in [0.2, 0.25) is 5.90 Å². The van der Waals surface area contributed by atoms with Gasteiger partial charge in [-0.3, -0.25) is 0 Å². The van der Waals surface area contributed by atoms with Gasteiger partial charge in [-0.25, -0.2) is 5.01 Å². The molecule has 42 heavy (non-hydrogen) atoms. The number of sulfonamides is 1. The highest BCUT2D eigenvalue weighted by Gasteiger charge is 2.61. The topological polar surface area (TPSA) is 71.3 Å². The monoisotopic (exact) mass is 575 g/mol. The fraction of sp³-hybridized carbons (Fsp3) is 0.200. The quantitative estimate of drug-likeness (QED) is 0.246. The highest BCUT2D eigenvalue weighted by atomic mass is 32.2. The molecule has 7 heteroatoms. The van der Waals surface area contributed by atoms with Crippen LogP contribution >= 0.6 is 0 Å². The summed E-state index contributed by atoms with van der Waals surface area (Å²) in [5.74, 6) is 0.190. The van der Waals surface area contributed by atoms with Crippen LogP contribution < -0.4 is 5.01 Å². The Bertz CT molecular complexity index is 1790. The van der Waals surface area contributed by atoms with E-state index in [1.54, 1.807) is 24.3 Å². The largest absolute Gasteiger partial charge is 0.439 e. The molecule has 2 aliphatic heterocycles. The van der Waals surface area contributed by atoms with Gasteiger partial charge in [0.1, 0.15) is 5.76 Å². The molecule has 0 N–H and O–H groups in total. The van der Waals surface area contributed by atoms with E-state index in [-0.39, 0.29) is 16.2 Å². The van der Waals surface area contributed by atoms with E-state index in [0.29, 0.717) is 5.76 Å². The van der Waals surface area contributed by atoms with Crippen LogP contribution in [0, 0.1) is 12.3 Å². The highest BCUT2D eigenvalue weighted by molar-refractivity contribution is 7.90. The third kappa shape index (κ3) is 4.84. The van der Waals surface area contributed by atoms with E-state index in [4.69, 9.17) is 9.84 Å². The first-order chi connectivity index (χ1) is 20.1. The summed E-state index contributed by atoms with van der Waals surface area (Å²) in [5.41, 5.74) is 2.90. The van der Waals surface area contributed by atoms with Crippen LogP contribution in [0.4, 0.5) is 5.69 Å². The molecular weight excluding hydrogens is 542 g/mol. The molecule has 0 radical (unpaired) electrons. The number of rotatable bonds is 5. The zero-order valence-corrected chi connectivity index (χ0v) is 24.9. The smallest absolute Gasteiger partial charge is 0.285 e. The van der Waals surface area contributed by atoms with Crippen molar-refractivity contribution in [2.24, 2.45) is 14.9 Å². The van der Waals surface area contributed by atoms with Crippen LogP contribution in [0.1, 0.15) is 43.4 Å². The number of hydrogen-bond donors (Lipinski definition) is 0. The molecule has 2 heterocycles. The lowest BCUT2D eigenvalue weighted by Crippen LogP contribution is -2.52. The summed E-state index contributed by atoms with van der Waals surface area (Å²) >= 11 is 0. The number of hydrazone groups is 1. The lowest BCUT2D eigenvalue weighted by atomic mass is 9.70. The van der Waals surface area contributed by atoms with Crippen LogP contribution in [0.2, 0.25) is 0 Å². The summed E-state index contributed by atoms with van der Waals surface area (Å²) in [7, 11) is -4.14. The fourth-order valence-electron chi connectivity index (χ4n) is 5.60. The van der Waals surface area contributed by atoms with Gasteiger partial charge in [0.15, 0.2) is 5.54 Å². The van der Waals surface area contributed by atoms with Crippen molar-refractivity contribution in [3.63, 3.8) is 0 Å². The van der Waals surface area contributed by atoms with Crippen LogP contribution in [0.25, 0.3) is 5.76 Å². The number of benzene rings is 4. The minimum absolute atomic E-state index is 0.0580. The molecule has 1 spiro atoms. The Balaban J connectivity index is 1.67. The number of nitrogens with zero attached hydrogens (tertiary/aromatic N) is 3. The molecule has 6 rings (SSSR count). The summed E-state index contributed by atoms with van der Waals surface area (Å²) in [4.78, 5) is 0.102. The maximum atomic E-state index is 13.9. The standard InChI is InChI=1S/C35H33N3O3S/c1-25-20-22-29(23-21-25)42(39,40)37-33-35(24-30(41-33)26-14-8-5-9-15-26)31(27-16-10-6-11-17-27)32(34(2,3)4)36-38(35)28-18-12-7-13-19-28/h5-24,31H,1-4H3. The van der Waals surface area contributed by atoms with Crippen LogP contribution in [0.5, 0.6) is 0 Å². The second-order valence-corrected chi connectivity index (χ2v) is 13.3. The second kappa shape index (κ2) is 10.4. The van der Waals surface area contributed by atoms with Crippen molar-refractivity contribution < 1.29 is 13.2 Å². The van der Waals surface area contributed by atoms with Gasteiger partial charge in [0.05, 0.1) is 22.2 Å². The Morgan fingerprint density at radius 2 is 1.38 bits per heavy atom. The highest BCUT2D eigenvalue weighted by Crippen LogP contribution is 2.53. The molecule has 2 aliphatic rings. The predicted octanol–water partition coefficient (Wildman–Crippen LogP) is 7.60. The van der Waals surface area contributed by atoms with E-state index in [9.17, 15) is 8.42 Å². The number of aryl methyl sites for hydroxylation is 1. The number of ether oxygens (including phenoxy) is 1. The van der Waals surface area contributed by atoms with Gasteiger partial charge < -0.3 is 4.74 Å². The molecule has 0 amide bonds. The Labute approximate surface area is 247 Å². The van der Waals surface area contributed by atoms with Crippen molar-refractivity contribution in [2.45, 2.75) is 44.0 Å². The molecule has 0 aliphatic carbocycles. The van der Waals surface area contributed by atoms with Gasteiger partial charge in [0, 0.05) is 11.0 Å². The minimum Gasteiger partial charge on any atom is -0.439 e. The predicted molar refractivity (Wildman–Crippen MR) is 169 cm³/mol.